The molecule has 2 aliphatic rings. The summed E-state index contributed by atoms with van der Waals surface area (Å²) >= 11 is 0. The molecule has 88 valence electrons. The van der Waals surface area contributed by atoms with Crippen molar-refractivity contribution in [3.05, 3.63) is 34.4 Å². The molecule has 16 heavy (non-hydrogen) atoms. The lowest BCUT2D eigenvalue weighted by Crippen LogP contribution is -2.24. The molecule has 0 aromatic carbocycles. The van der Waals surface area contributed by atoms with Crippen LogP contribution in [0.1, 0.15) is 33.1 Å². The van der Waals surface area contributed by atoms with Crippen molar-refractivity contribution in [1.29, 1.82) is 0 Å². The molecule has 0 spiro atoms. The standard InChI is InChI=1S/C14H20O2/c1-10(8-15)12-5-6-13-11(9-16)4-3-7-14(12,13)2/h4,6,15-16H,3,5,7-9H2,1-2H3/b12-10-. The van der Waals surface area contributed by atoms with E-state index in [0.717, 1.165) is 30.4 Å². The Balaban J connectivity index is 2.43. The molecule has 0 aromatic rings. The van der Waals surface area contributed by atoms with E-state index in [1.54, 1.807) is 0 Å². The van der Waals surface area contributed by atoms with Gasteiger partial charge in [-0.15, -0.1) is 0 Å². The van der Waals surface area contributed by atoms with E-state index in [9.17, 15) is 10.2 Å². The molecule has 0 amide bonds. The van der Waals surface area contributed by atoms with Crippen molar-refractivity contribution >= 4 is 0 Å². The first-order chi connectivity index (χ1) is 7.63. The maximum Gasteiger partial charge on any atom is 0.0681 e. The van der Waals surface area contributed by atoms with Crippen molar-refractivity contribution in [2.75, 3.05) is 13.2 Å². The number of aliphatic hydroxyl groups is 2. The number of hydrogen-bond donors (Lipinski definition) is 2. The Morgan fingerprint density at radius 2 is 2.12 bits per heavy atom. The number of fused-ring (bicyclic) bond motifs is 1. The highest BCUT2D eigenvalue weighted by molar-refractivity contribution is 5.51. The lowest BCUT2D eigenvalue weighted by molar-refractivity contribution is 0.314. The summed E-state index contributed by atoms with van der Waals surface area (Å²) < 4.78 is 0. The van der Waals surface area contributed by atoms with Gasteiger partial charge in [-0.05, 0) is 42.9 Å². The number of allylic oxidation sites excluding steroid dienone is 3. The van der Waals surface area contributed by atoms with Gasteiger partial charge in [-0.1, -0.05) is 24.6 Å². The Morgan fingerprint density at radius 3 is 2.75 bits per heavy atom. The van der Waals surface area contributed by atoms with Gasteiger partial charge in [0.1, 0.15) is 0 Å². The topological polar surface area (TPSA) is 40.5 Å². The maximum absolute atomic E-state index is 9.36. The van der Waals surface area contributed by atoms with Crippen LogP contribution in [0.15, 0.2) is 34.4 Å². The van der Waals surface area contributed by atoms with Crippen molar-refractivity contribution in [3.63, 3.8) is 0 Å². The van der Waals surface area contributed by atoms with Gasteiger partial charge >= 0.3 is 0 Å². The zero-order chi connectivity index (χ0) is 11.8. The van der Waals surface area contributed by atoms with Crippen LogP contribution in [0.4, 0.5) is 0 Å². The first kappa shape index (κ1) is 11.6. The van der Waals surface area contributed by atoms with Crippen molar-refractivity contribution in [3.8, 4) is 0 Å². The van der Waals surface area contributed by atoms with Gasteiger partial charge in [0, 0.05) is 5.41 Å². The smallest absolute Gasteiger partial charge is 0.0681 e. The zero-order valence-corrected chi connectivity index (χ0v) is 10.1. The Labute approximate surface area is 97.0 Å². The van der Waals surface area contributed by atoms with E-state index < -0.39 is 0 Å². The van der Waals surface area contributed by atoms with Crippen molar-refractivity contribution in [2.24, 2.45) is 5.41 Å². The fraction of sp³-hybridized carbons (Fsp3) is 0.571. The van der Waals surface area contributed by atoms with Crippen LogP contribution in [0, 0.1) is 5.41 Å². The van der Waals surface area contributed by atoms with Gasteiger partial charge in [0.15, 0.2) is 0 Å². The van der Waals surface area contributed by atoms with Gasteiger partial charge in [0.2, 0.25) is 0 Å². The van der Waals surface area contributed by atoms with Gasteiger partial charge in [0.25, 0.3) is 0 Å². The highest BCUT2D eigenvalue weighted by Gasteiger charge is 2.40. The zero-order valence-electron chi connectivity index (χ0n) is 10.1. The van der Waals surface area contributed by atoms with E-state index in [2.05, 4.69) is 19.1 Å². The summed E-state index contributed by atoms with van der Waals surface area (Å²) in [5.41, 5.74) is 4.86. The van der Waals surface area contributed by atoms with Crippen LogP contribution in [-0.4, -0.2) is 23.4 Å². The second-order valence-electron chi connectivity index (χ2n) is 5.00. The number of hydrogen-bond acceptors (Lipinski definition) is 2. The summed E-state index contributed by atoms with van der Waals surface area (Å²) in [7, 11) is 0. The molecule has 0 fully saturated rings. The monoisotopic (exact) mass is 220 g/mol. The quantitative estimate of drug-likeness (QED) is 0.701. The molecule has 0 aliphatic heterocycles. The maximum atomic E-state index is 9.36. The van der Waals surface area contributed by atoms with Gasteiger partial charge in [0.05, 0.1) is 13.2 Å². The van der Waals surface area contributed by atoms with Crippen molar-refractivity contribution in [2.45, 2.75) is 33.1 Å². The fourth-order valence-electron chi connectivity index (χ4n) is 3.12. The SMILES string of the molecule is C/C(CO)=C1\CC=C2C(CO)=CCCC21C. The molecule has 1 atom stereocenters. The molecule has 2 nitrogen and oxygen atoms in total. The molecule has 2 rings (SSSR count). The minimum absolute atomic E-state index is 0.0552. The molecule has 1 unspecified atom stereocenters. The normalized spacial score (nSPS) is 32.0. The van der Waals surface area contributed by atoms with Crippen LogP contribution in [0.3, 0.4) is 0 Å². The largest absolute Gasteiger partial charge is 0.392 e. The molecular formula is C14H20O2. The predicted octanol–water partition coefficient (Wildman–Crippen LogP) is 2.34. The van der Waals surface area contributed by atoms with Gasteiger partial charge in [-0.2, -0.15) is 0 Å². The summed E-state index contributed by atoms with van der Waals surface area (Å²) in [5.74, 6) is 0. The molecule has 2 aliphatic carbocycles. The van der Waals surface area contributed by atoms with Gasteiger partial charge < -0.3 is 10.2 Å². The summed E-state index contributed by atoms with van der Waals surface area (Å²) in [5, 5.41) is 18.6. The van der Waals surface area contributed by atoms with E-state index in [-0.39, 0.29) is 18.6 Å². The third-order valence-corrected chi connectivity index (χ3v) is 4.07. The van der Waals surface area contributed by atoms with E-state index in [4.69, 9.17) is 0 Å². The number of aliphatic hydroxyl groups excluding tert-OH is 2. The average molecular weight is 220 g/mol. The minimum atomic E-state index is 0.0552. The molecule has 2 heteroatoms. The molecule has 0 saturated carbocycles. The molecule has 0 bridgehead atoms. The Bertz CT molecular complexity index is 388. The van der Waals surface area contributed by atoms with E-state index in [1.807, 2.05) is 6.92 Å². The van der Waals surface area contributed by atoms with Gasteiger partial charge in [-0.3, -0.25) is 0 Å². The molecule has 2 N–H and O–H groups in total. The van der Waals surface area contributed by atoms with Gasteiger partial charge in [-0.25, -0.2) is 0 Å². The Morgan fingerprint density at radius 1 is 1.38 bits per heavy atom. The Hall–Kier alpha value is -0.860. The molecule has 0 radical (unpaired) electrons. The first-order valence-electron chi connectivity index (χ1n) is 5.94. The van der Waals surface area contributed by atoms with Crippen LogP contribution in [0.2, 0.25) is 0 Å². The second kappa shape index (κ2) is 4.19. The van der Waals surface area contributed by atoms with Crippen LogP contribution in [-0.2, 0) is 0 Å². The summed E-state index contributed by atoms with van der Waals surface area (Å²) in [6.45, 7) is 4.52. The average Bonchev–Trinajstić information content (AvgIpc) is 2.64. The number of rotatable bonds is 2. The first-order valence-corrected chi connectivity index (χ1v) is 5.94. The van der Waals surface area contributed by atoms with E-state index >= 15 is 0 Å². The Kier molecular flexibility index (Phi) is 3.04. The predicted molar refractivity (Wildman–Crippen MR) is 65.0 cm³/mol. The van der Waals surface area contributed by atoms with Crippen molar-refractivity contribution in [1.82, 2.24) is 0 Å². The van der Waals surface area contributed by atoms with Crippen LogP contribution < -0.4 is 0 Å². The third-order valence-electron chi connectivity index (χ3n) is 4.07. The van der Waals surface area contributed by atoms with E-state index in [1.165, 1.54) is 11.1 Å². The molecule has 0 heterocycles. The fourth-order valence-corrected chi connectivity index (χ4v) is 3.12. The van der Waals surface area contributed by atoms with Crippen molar-refractivity contribution < 1.29 is 10.2 Å². The highest BCUT2D eigenvalue weighted by atomic mass is 16.3. The van der Waals surface area contributed by atoms with E-state index in [0.29, 0.717) is 0 Å². The summed E-state index contributed by atoms with van der Waals surface area (Å²) in [6, 6.07) is 0. The molecule has 0 saturated heterocycles. The highest BCUT2D eigenvalue weighted by Crippen LogP contribution is 2.52. The second-order valence-corrected chi connectivity index (χ2v) is 5.00. The van der Waals surface area contributed by atoms with Crippen LogP contribution >= 0.6 is 0 Å². The van der Waals surface area contributed by atoms with Crippen LogP contribution in [0.5, 0.6) is 0 Å². The minimum Gasteiger partial charge on any atom is -0.392 e. The summed E-state index contributed by atoms with van der Waals surface area (Å²) in [6.07, 6.45) is 7.40. The molecular weight excluding hydrogens is 200 g/mol. The lowest BCUT2D eigenvalue weighted by Gasteiger charge is -2.35. The third kappa shape index (κ3) is 1.57. The lowest BCUT2D eigenvalue weighted by atomic mass is 9.69. The molecule has 0 aromatic heterocycles. The van der Waals surface area contributed by atoms with Crippen LogP contribution in [0.25, 0.3) is 0 Å². The summed E-state index contributed by atoms with van der Waals surface area (Å²) in [4.78, 5) is 0.